The topological polar surface area (TPSA) is 64.6 Å². The van der Waals surface area contributed by atoms with Crippen molar-refractivity contribution in [3.63, 3.8) is 0 Å². The van der Waals surface area contributed by atoms with Crippen LogP contribution in [0.1, 0.15) is 58.4 Å². The minimum atomic E-state index is -0.348. The van der Waals surface area contributed by atoms with E-state index >= 15 is 0 Å². The second-order valence-corrected chi connectivity index (χ2v) is 10.6. The Morgan fingerprint density at radius 2 is 1.62 bits per heavy atom. The van der Waals surface area contributed by atoms with E-state index in [-0.39, 0.29) is 30.3 Å². The fourth-order valence-electron chi connectivity index (χ4n) is 3.80. The summed E-state index contributed by atoms with van der Waals surface area (Å²) >= 11 is 1.38. The Morgan fingerprint density at radius 3 is 2.21 bits per heavy atom. The Bertz CT molecular complexity index is 1130. The molecule has 0 atom stereocenters. The molecule has 0 bridgehead atoms. The molecule has 0 aliphatic carbocycles. The highest BCUT2D eigenvalue weighted by Gasteiger charge is 2.15. The first-order chi connectivity index (χ1) is 16.1. The van der Waals surface area contributed by atoms with E-state index < -0.39 is 0 Å². The molecule has 0 unspecified atom stereocenters. The van der Waals surface area contributed by atoms with Gasteiger partial charge in [-0.1, -0.05) is 45.0 Å². The molecule has 180 valence electrons. The lowest BCUT2D eigenvalue weighted by Gasteiger charge is -2.20. The van der Waals surface area contributed by atoms with Gasteiger partial charge in [-0.25, -0.2) is 0 Å². The molecule has 0 fully saturated rings. The van der Waals surface area contributed by atoms with Gasteiger partial charge in [0, 0.05) is 11.4 Å². The van der Waals surface area contributed by atoms with Crippen LogP contribution in [-0.4, -0.2) is 25.5 Å². The summed E-state index contributed by atoms with van der Waals surface area (Å²) in [5, 5.41) is 2.73. The molecule has 5 nitrogen and oxygen atoms in total. The van der Waals surface area contributed by atoms with Gasteiger partial charge in [0.15, 0.2) is 0 Å². The van der Waals surface area contributed by atoms with Gasteiger partial charge in [-0.2, -0.15) is 0 Å². The minimum absolute atomic E-state index is 0.131. The number of thiophene rings is 1. The number of hydrogen-bond acceptors (Lipinski definition) is 5. The highest BCUT2D eigenvalue weighted by atomic mass is 32.1. The minimum Gasteiger partial charge on any atom is -0.488 e. The number of esters is 1. The summed E-state index contributed by atoms with van der Waals surface area (Å²) in [6.45, 7) is 11.5. The zero-order valence-electron chi connectivity index (χ0n) is 20.8. The second kappa shape index (κ2) is 10.9. The first kappa shape index (κ1) is 25.5. The lowest BCUT2D eigenvalue weighted by Crippen LogP contribution is -2.25. The van der Waals surface area contributed by atoms with Crippen LogP contribution < -0.4 is 10.1 Å². The van der Waals surface area contributed by atoms with Crippen molar-refractivity contribution >= 4 is 23.2 Å². The number of rotatable bonds is 8. The normalized spacial score (nSPS) is 11.2. The quantitative estimate of drug-likeness (QED) is 0.391. The lowest BCUT2D eigenvalue weighted by molar-refractivity contribution is -0.140. The van der Waals surface area contributed by atoms with Crippen molar-refractivity contribution in [2.45, 2.75) is 53.1 Å². The summed E-state index contributed by atoms with van der Waals surface area (Å²) in [7, 11) is 1.33. The molecular formula is C28H33NO4S. The molecule has 1 N–H and O–H groups in total. The van der Waals surface area contributed by atoms with E-state index in [1.807, 2.05) is 6.07 Å². The Balaban J connectivity index is 1.63. The van der Waals surface area contributed by atoms with E-state index in [4.69, 9.17) is 4.74 Å². The van der Waals surface area contributed by atoms with Crippen LogP contribution in [0.3, 0.4) is 0 Å². The lowest BCUT2D eigenvalue weighted by atomic mass is 9.85. The number of hydrogen-bond donors (Lipinski definition) is 1. The largest absolute Gasteiger partial charge is 0.488 e. The number of methoxy groups -OCH3 is 1. The zero-order chi connectivity index (χ0) is 24.9. The van der Waals surface area contributed by atoms with Crippen molar-refractivity contribution in [2.75, 3.05) is 13.7 Å². The van der Waals surface area contributed by atoms with Crippen molar-refractivity contribution in [1.29, 1.82) is 0 Å². The Hall–Kier alpha value is -3.12. The molecule has 1 heterocycles. The number of amides is 1. The van der Waals surface area contributed by atoms with Gasteiger partial charge in [-0.05, 0) is 71.3 Å². The van der Waals surface area contributed by atoms with Gasteiger partial charge in [0.1, 0.15) is 12.4 Å². The van der Waals surface area contributed by atoms with Crippen molar-refractivity contribution in [3.8, 4) is 16.9 Å². The molecule has 1 aromatic heterocycles. The smallest absolute Gasteiger partial charge is 0.307 e. The third-order valence-electron chi connectivity index (χ3n) is 5.65. The van der Waals surface area contributed by atoms with Crippen molar-refractivity contribution in [2.24, 2.45) is 0 Å². The van der Waals surface area contributed by atoms with Gasteiger partial charge in [-0.15, -0.1) is 11.3 Å². The molecule has 3 aromatic rings. The average molecular weight is 480 g/mol. The number of benzene rings is 2. The third kappa shape index (κ3) is 6.48. The number of ether oxygens (including phenoxy) is 2. The molecule has 0 saturated heterocycles. The molecule has 34 heavy (non-hydrogen) atoms. The van der Waals surface area contributed by atoms with Gasteiger partial charge >= 0.3 is 5.97 Å². The molecule has 0 radical (unpaired) electrons. The highest BCUT2D eigenvalue weighted by molar-refractivity contribution is 7.14. The first-order valence-electron chi connectivity index (χ1n) is 11.4. The summed E-state index contributed by atoms with van der Waals surface area (Å²) < 4.78 is 10.6. The number of nitrogens with one attached hydrogen (secondary N) is 1. The van der Waals surface area contributed by atoms with Crippen molar-refractivity contribution in [3.05, 3.63) is 75.0 Å². The molecular weight excluding hydrogens is 446 g/mol. The summed E-state index contributed by atoms with van der Waals surface area (Å²) in [5.41, 5.74) is 6.21. The van der Waals surface area contributed by atoms with Crippen molar-refractivity contribution < 1.29 is 19.1 Å². The highest BCUT2D eigenvalue weighted by Crippen LogP contribution is 2.33. The number of carbonyl (C=O) groups excluding carboxylic acids is 2. The third-order valence-corrected chi connectivity index (χ3v) is 6.71. The number of carbonyl (C=O) groups is 2. The predicted octanol–water partition coefficient (Wildman–Crippen LogP) is 6.20. The molecule has 3 rings (SSSR count). The van der Waals surface area contributed by atoms with Gasteiger partial charge in [0.25, 0.3) is 5.91 Å². The van der Waals surface area contributed by atoms with Gasteiger partial charge in [0.05, 0.1) is 18.4 Å². The fourth-order valence-corrected chi connectivity index (χ4v) is 4.64. The van der Waals surface area contributed by atoms with E-state index in [0.717, 1.165) is 21.8 Å². The van der Waals surface area contributed by atoms with E-state index in [1.54, 1.807) is 6.07 Å². The van der Waals surface area contributed by atoms with Crippen LogP contribution in [0.15, 0.2) is 48.5 Å². The zero-order valence-corrected chi connectivity index (χ0v) is 21.6. The van der Waals surface area contributed by atoms with Crippen LogP contribution in [0, 0.1) is 13.8 Å². The SMILES string of the molecule is COC(=O)CCNC(=O)c1ccc(COc2cc(C)c(-c3ccc(C(C)(C)C)cc3)c(C)c2)s1. The fraction of sp³-hybridized carbons (Fsp3) is 0.357. The standard InChI is InChI=1S/C28H33NO4S/c1-18-15-22(16-19(2)26(18)20-7-9-21(10-8-20)28(3,4)5)33-17-23-11-12-24(34-23)27(31)29-14-13-25(30)32-6/h7-12,15-16H,13-14,17H2,1-6H3,(H,29,31). The van der Waals surface area contributed by atoms with E-state index in [0.29, 0.717) is 11.5 Å². The van der Waals surface area contributed by atoms with Gasteiger partial charge in [0.2, 0.25) is 0 Å². The van der Waals surface area contributed by atoms with Crippen molar-refractivity contribution in [1.82, 2.24) is 5.32 Å². The Labute approximate surface area is 206 Å². The molecule has 0 saturated carbocycles. The monoisotopic (exact) mass is 479 g/mol. The maximum absolute atomic E-state index is 12.2. The molecule has 0 spiro atoms. The molecule has 0 aliphatic heterocycles. The second-order valence-electron chi connectivity index (χ2n) is 9.40. The van der Waals surface area contributed by atoms with E-state index in [2.05, 4.69) is 81.1 Å². The maximum Gasteiger partial charge on any atom is 0.307 e. The molecule has 0 aliphatic rings. The van der Waals surface area contributed by atoms with Crippen LogP contribution in [0.25, 0.3) is 11.1 Å². The van der Waals surface area contributed by atoms with Crippen LogP contribution in [-0.2, 0) is 21.6 Å². The van der Waals surface area contributed by atoms with Crippen LogP contribution in [0.5, 0.6) is 5.75 Å². The molecule has 6 heteroatoms. The summed E-state index contributed by atoms with van der Waals surface area (Å²) in [6, 6.07) is 16.6. The predicted molar refractivity (Wildman–Crippen MR) is 138 cm³/mol. The molecule has 1 amide bonds. The first-order valence-corrected chi connectivity index (χ1v) is 12.2. The van der Waals surface area contributed by atoms with Gasteiger partial charge < -0.3 is 14.8 Å². The summed E-state index contributed by atoms with van der Waals surface area (Å²) in [6.07, 6.45) is 0.152. The number of aryl methyl sites for hydroxylation is 2. The Morgan fingerprint density at radius 1 is 0.971 bits per heavy atom. The van der Waals surface area contributed by atoms with E-state index in [9.17, 15) is 9.59 Å². The van der Waals surface area contributed by atoms with Crippen LogP contribution in [0.2, 0.25) is 0 Å². The summed E-state index contributed by atoms with van der Waals surface area (Å²) in [4.78, 5) is 25.0. The Kier molecular flexibility index (Phi) is 8.15. The summed E-state index contributed by atoms with van der Waals surface area (Å²) in [5.74, 6) is 0.260. The van der Waals surface area contributed by atoms with E-state index in [1.165, 1.54) is 35.1 Å². The van der Waals surface area contributed by atoms with Crippen LogP contribution >= 0.6 is 11.3 Å². The van der Waals surface area contributed by atoms with Gasteiger partial charge in [-0.3, -0.25) is 9.59 Å². The molecule has 2 aromatic carbocycles. The maximum atomic E-state index is 12.2. The average Bonchev–Trinajstić information content (AvgIpc) is 3.26. The van der Waals surface area contributed by atoms with Crippen LogP contribution in [0.4, 0.5) is 0 Å².